The van der Waals surface area contributed by atoms with E-state index in [-0.39, 0.29) is 17.3 Å². The average Bonchev–Trinajstić information content (AvgIpc) is 3.22. The van der Waals surface area contributed by atoms with E-state index in [2.05, 4.69) is 22.5 Å². The molecule has 6 heteroatoms. The molecule has 2 heterocycles. The molecule has 122 valence electrons. The summed E-state index contributed by atoms with van der Waals surface area (Å²) < 4.78 is 5.83. The van der Waals surface area contributed by atoms with Crippen molar-refractivity contribution in [1.82, 2.24) is 15.6 Å². The molecule has 1 saturated heterocycles. The Bertz CT molecular complexity index is 651. The Hall–Kier alpha value is -1.95. The van der Waals surface area contributed by atoms with E-state index in [1.807, 2.05) is 42.1 Å². The highest BCUT2D eigenvalue weighted by atomic mass is 32.2. The van der Waals surface area contributed by atoms with Gasteiger partial charge in [0.1, 0.15) is 0 Å². The highest BCUT2D eigenvalue weighted by molar-refractivity contribution is 8.00. The first kappa shape index (κ1) is 15.9. The molecule has 2 N–H and O–H groups in total. The first-order valence-corrected chi connectivity index (χ1v) is 8.79. The van der Waals surface area contributed by atoms with Gasteiger partial charge in [0.25, 0.3) is 0 Å². The minimum absolute atomic E-state index is 0.167. The molecule has 0 bridgehead atoms. The van der Waals surface area contributed by atoms with E-state index in [1.54, 1.807) is 6.20 Å². The topological polar surface area (TPSA) is 67.2 Å². The number of oxazole rings is 1. The number of thioether (sulfide) groups is 1. The number of hydrogen-bond donors (Lipinski definition) is 2. The third-order valence-corrected chi connectivity index (χ3v) is 5.47. The molecule has 2 aromatic rings. The number of benzene rings is 1. The van der Waals surface area contributed by atoms with Crippen LogP contribution in [0.4, 0.5) is 4.79 Å². The molecule has 1 unspecified atom stereocenters. The highest BCUT2D eigenvalue weighted by Gasteiger charge is 2.29. The van der Waals surface area contributed by atoms with Crippen LogP contribution in [-0.4, -0.2) is 28.1 Å². The van der Waals surface area contributed by atoms with E-state index in [0.717, 1.165) is 12.0 Å². The second-order valence-corrected chi connectivity index (χ2v) is 7.60. The number of amides is 2. The lowest BCUT2D eigenvalue weighted by Gasteiger charge is -2.22. The summed E-state index contributed by atoms with van der Waals surface area (Å²) in [5, 5.41) is 5.72. The second-order valence-electron chi connectivity index (χ2n) is 5.92. The molecular weight excluding hydrogens is 310 g/mol. The van der Waals surface area contributed by atoms with Crippen LogP contribution in [0.1, 0.15) is 25.7 Å². The van der Waals surface area contributed by atoms with Crippen LogP contribution in [0.25, 0.3) is 11.3 Å². The second kappa shape index (κ2) is 7.08. The van der Waals surface area contributed by atoms with Gasteiger partial charge in [0.2, 0.25) is 5.89 Å². The fraction of sp³-hybridized carbons (Fsp3) is 0.412. The number of carbonyl (C=O) groups is 1. The number of aromatic nitrogens is 1. The molecule has 23 heavy (non-hydrogen) atoms. The monoisotopic (exact) mass is 331 g/mol. The van der Waals surface area contributed by atoms with Gasteiger partial charge in [-0.05, 0) is 25.5 Å². The van der Waals surface area contributed by atoms with E-state index in [0.29, 0.717) is 18.2 Å². The summed E-state index contributed by atoms with van der Waals surface area (Å²) in [5.41, 5.74) is 0.974. The van der Waals surface area contributed by atoms with Gasteiger partial charge in [-0.2, -0.15) is 11.8 Å². The summed E-state index contributed by atoms with van der Waals surface area (Å²) in [4.78, 5) is 16.1. The van der Waals surface area contributed by atoms with E-state index in [9.17, 15) is 4.79 Å². The molecule has 0 aliphatic carbocycles. The van der Waals surface area contributed by atoms with Gasteiger partial charge in [-0.25, -0.2) is 9.78 Å². The molecule has 5 nitrogen and oxygen atoms in total. The zero-order valence-corrected chi connectivity index (χ0v) is 14.0. The minimum atomic E-state index is -0.182. The van der Waals surface area contributed by atoms with Gasteiger partial charge in [0.15, 0.2) is 5.76 Å². The highest BCUT2D eigenvalue weighted by Crippen LogP contribution is 2.36. The van der Waals surface area contributed by atoms with Crippen molar-refractivity contribution >= 4 is 17.8 Å². The van der Waals surface area contributed by atoms with Gasteiger partial charge in [-0.3, -0.25) is 0 Å². The Morgan fingerprint density at radius 2 is 2.17 bits per heavy atom. The first-order chi connectivity index (χ1) is 11.1. The standard InChI is InChI=1S/C17H21N3O2S/c1-17(8-5-9-23-17)12-20-16(21)19-11-15-18-10-14(22-15)13-6-3-2-4-7-13/h2-4,6-7,10H,5,8-9,11-12H2,1H3,(H2,19,20,21). The molecule has 1 aliphatic rings. The van der Waals surface area contributed by atoms with Crippen LogP contribution < -0.4 is 10.6 Å². The smallest absolute Gasteiger partial charge is 0.315 e. The predicted molar refractivity (Wildman–Crippen MR) is 92.3 cm³/mol. The Balaban J connectivity index is 1.47. The molecule has 2 amide bonds. The van der Waals surface area contributed by atoms with E-state index >= 15 is 0 Å². The Labute approximate surface area is 140 Å². The van der Waals surface area contributed by atoms with Crippen molar-refractivity contribution < 1.29 is 9.21 Å². The summed E-state index contributed by atoms with van der Waals surface area (Å²) in [6, 6.07) is 9.60. The number of carbonyl (C=O) groups excluding carboxylic acids is 1. The van der Waals surface area contributed by atoms with Crippen LogP contribution in [0.3, 0.4) is 0 Å². The lowest BCUT2D eigenvalue weighted by Crippen LogP contribution is -2.42. The van der Waals surface area contributed by atoms with Gasteiger partial charge >= 0.3 is 6.03 Å². The minimum Gasteiger partial charge on any atom is -0.439 e. The molecule has 1 fully saturated rings. The molecule has 0 spiro atoms. The number of rotatable bonds is 5. The van der Waals surface area contributed by atoms with Crippen LogP contribution in [-0.2, 0) is 6.54 Å². The van der Waals surface area contributed by atoms with E-state index in [4.69, 9.17) is 4.42 Å². The van der Waals surface area contributed by atoms with Crippen LogP contribution in [0, 0.1) is 0 Å². The molecule has 1 aromatic carbocycles. The maximum atomic E-state index is 11.9. The van der Waals surface area contributed by atoms with Gasteiger partial charge in [0, 0.05) is 16.9 Å². The van der Waals surface area contributed by atoms with Crippen molar-refractivity contribution in [1.29, 1.82) is 0 Å². The van der Waals surface area contributed by atoms with Gasteiger partial charge < -0.3 is 15.1 Å². The SMILES string of the molecule is CC1(CNC(=O)NCc2ncc(-c3ccccc3)o2)CCCS1. The van der Waals surface area contributed by atoms with Crippen molar-refractivity contribution in [2.75, 3.05) is 12.3 Å². The van der Waals surface area contributed by atoms with Crippen molar-refractivity contribution in [3.8, 4) is 11.3 Å². The zero-order valence-electron chi connectivity index (χ0n) is 13.2. The molecule has 1 aliphatic heterocycles. The van der Waals surface area contributed by atoms with Crippen molar-refractivity contribution in [2.45, 2.75) is 31.1 Å². The van der Waals surface area contributed by atoms with Gasteiger partial charge in [-0.1, -0.05) is 30.3 Å². The Morgan fingerprint density at radius 1 is 1.35 bits per heavy atom. The number of hydrogen-bond acceptors (Lipinski definition) is 4. The fourth-order valence-corrected chi connectivity index (χ4v) is 3.83. The van der Waals surface area contributed by atoms with Crippen LogP contribution in [0.5, 0.6) is 0 Å². The van der Waals surface area contributed by atoms with E-state index < -0.39 is 0 Å². The van der Waals surface area contributed by atoms with E-state index in [1.165, 1.54) is 12.2 Å². The van der Waals surface area contributed by atoms with Crippen molar-refractivity contribution in [3.63, 3.8) is 0 Å². The van der Waals surface area contributed by atoms with Gasteiger partial charge in [-0.15, -0.1) is 0 Å². The maximum Gasteiger partial charge on any atom is 0.315 e. The summed E-state index contributed by atoms with van der Waals surface area (Å²) in [7, 11) is 0. The normalized spacial score (nSPS) is 20.4. The molecule has 0 radical (unpaired) electrons. The molecule has 1 aromatic heterocycles. The lowest BCUT2D eigenvalue weighted by molar-refractivity contribution is 0.238. The summed E-state index contributed by atoms with van der Waals surface area (Å²) >= 11 is 1.93. The quantitative estimate of drug-likeness (QED) is 0.881. The largest absolute Gasteiger partial charge is 0.439 e. The zero-order chi connectivity index (χ0) is 16.1. The van der Waals surface area contributed by atoms with Crippen molar-refractivity contribution in [2.24, 2.45) is 0 Å². The van der Waals surface area contributed by atoms with Crippen LogP contribution >= 0.6 is 11.8 Å². The maximum absolute atomic E-state index is 11.9. The average molecular weight is 331 g/mol. The lowest BCUT2D eigenvalue weighted by atomic mass is 10.1. The predicted octanol–water partition coefficient (Wildman–Crippen LogP) is 3.43. The van der Waals surface area contributed by atoms with Crippen LogP contribution in [0.2, 0.25) is 0 Å². The van der Waals surface area contributed by atoms with Gasteiger partial charge in [0.05, 0.1) is 12.7 Å². The Morgan fingerprint density at radius 3 is 2.91 bits per heavy atom. The molecular formula is C17H21N3O2S. The fourth-order valence-electron chi connectivity index (χ4n) is 2.59. The Kier molecular flexibility index (Phi) is 4.91. The summed E-state index contributed by atoms with van der Waals surface area (Å²) in [5.74, 6) is 2.39. The summed E-state index contributed by atoms with van der Waals surface area (Å²) in [6.07, 6.45) is 4.06. The number of urea groups is 1. The summed E-state index contributed by atoms with van der Waals surface area (Å²) in [6.45, 7) is 3.16. The number of nitrogens with one attached hydrogen (secondary N) is 2. The molecule has 1 atom stereocenters. The van der Waals surface area contributed by atoms with Crippen molar-refractivity contribution in [3.05, 3.63) is 42.4 Å². The van der Waals surface area contributed by atoms with Crippen LogP contribution in [0.15, 0.2) is 40.9 Å². The molecule has 3 rings (SSSR count). The molecule has 0 saturated carbocycles. The number of nitrogens with zero attached hydrogens (tertiary/aromatic N) is 1. The first-order valence-electron chi connectivity index (χ1n) is 7.80. The third-order valence-electron chi connectivity index (χ3n) is 3.94. The third kappa shape index (κ3) is 4.28.